The molecule has 0 bridgehead atoms. The van der Waals surface area contributed by atoms with Crippen LogP contribution in [-0.2, 0) is 0 Å². The Bertz CT molecular complexity index is 150. The molecule has 12 heavy (non-hydrogen) atoms. The quantitative estimate of drug-likeness (QED) is 0.595. The van der Waals surface area contributed by atoms with E-state index in [-0.39, 0.29) is 0 Å². The molecule has 1 rings (SSSR count). The Morgan fingerprint density at radius 1 is 1.42 bits per heavy atom. The van der Waals surface area contributed by atoms with Crippen LogP contribution in [0.3, 0.4) is 0 Å². The molecule has 0 N–H and O–H groups in total. The van der Waals surface area contributed by atoms with E-state index in [0.717, 1.165) is 17.8 Å². The molecule has 1 saturated carbocycles. The SMILES string of the molecule is CCC(C)CC1(C)CC(C)C1C. The van der Waals surface area contributed by atoms with Crippen molar-refractivity contribution in [2.24, 2.45) is 23.2 Å². The van der Waals surface area contributed by atoms with E-state index in [1.165, 1.54) is 19.3 Å². The zero-order valence-electron chi connectivity index (χ0n) is 9.35. The molecule has 0 nitrogen and oxygen atoms in total. The number of hydrogen-bond acceptors (Lipinski definition) is 0. The number of rotatable bonds is 3. The largest absolute Gasteiger partial charge is 0.0651 e. The molecule has 0 amide bonds. The van der Waals surface area contributed by atoms with Crippen LogP contribution in [0.4, 0.5) is 0 Å². The Labute approximate surface area is 77.7 Å². The minimum Gasteiger partial charge on any atom is -0.0651 e. The lowest BCUT2D eigenvalue weighted by Gasteiger charge is -2.52. The van der Waals surface area contributed by atoms with Gasteiger partial charge in [-0.25, -0.2) is 0 Å². The van der Waals surface area contributed by atoms with Gasteiger partial charge in [0.05, 0.1) is 0 Å². The van der Waals surface area contributed by atoms with Gasteiger partial charge in [-0.05, 0) is 36.0 Å². The minimum absolute atomic E-state index is 0.675. The van der Waals surface area contributed by atoms with Gasteiger partial charge in [-0.1, -0.05) is 41.0 Å². The molecule has 0 aromatic heterocycles. The second-order valence-electron chi connectivity index (χ2n) is 5.34. The van der Waals surface area contributed by atoms with Gasteiger partial charge < -0.3 is 0 Å². The van der Waals surface area contributed by atoms with E-state index in [1.54, 1.807) is 0 Å². The third kappa shape index (κ3) is 1.67. The summed E-state index contributed by atoms with van der Waals surface area (Å²) in [4.78, 5) is 0. The highest BCUT2D eigenvalue weighted by Gasteiger charge is 2.45. The van der Waals surface area contributed by atoms with E-state index in [4.69, 9.17) is 0 Å². The molecular weight excluding hydrogens is 144 g/mol. The Balaban J connectivity index is 2.41. The van der Waals surface area contributed by atoms with Crippen LogP contribution in [0.1, 0.15) is 53.9 Å². The van der Waals surface area contributed by atoms with E-state index in [0.29, 0.717) is 5.41 Å². The summed E-state index contributed by atoms with van der Waals surface area (Å²) in [5.41, 5.74) is 0.675. The Morgan fingerprint density at radius 3 is 2.33 bits per heavy atom. The summed E-state index contributed by atoms with van der Waals surface area (Å²) in [6.07, 6.45) is 4.24. The Kier molecular flexibility index (Phi) is 2.85. The Morgan fingerprint density at radius 2 is 2.00 bits per heavy atom. The van der Waals surface area contributed by atoms with Crippen LogP contribution in [-0.4, -0.2) is 0 Å². The van der Waals surface area contributed by atoms with Gasteiger partial charge >= 0.3 is 0 Å². The summed E-state index contributed by atoms with van der Waals surface area (Å²) >= 11 is 0. The van der Waals surface area contributed by atoms with Crippen molar-refractivity contribution in [3.63, 3.8) is 0 Å². The molecule has 1 aliphatic rings. The highest BCUT2D eigenvalue weighted by atomic mass is 14.5. The fourth-order valence-electron chi connectivity index (χ4n) is 2.83. The van der Waals surface area contributed by atoms with Crippen LogP contribution < -0.4 is 0 Å². The van der Waals surface area contributed by atoms with Crippen LogP contribution in [0.15, 0.2) is 0 Å². The summed E-state index contributed by atoms with van der Waals surface area (Å²) in [6.45, 7) is 12.0. The van der Waals surface area contributed by atoms with Crippen molar-refractivity contribution in [3.8, 4) is 0 Å². The van der Waals surface area contributed by atoms with Gasteiger partial charge in [0.25, 0.3) is 0 Å². The third-order valence-electron chi connectivity index (χ3n) is 4.25. The van der Waals surface area contributed by atoms with Crippen molar-refractivity contribution in [3.05, 3.63) is 0 Å². The fraction of sp³-hybridized carbons (Fsp3) is 1.00. The van der Waals surface area contributed by atoms with Gasteiger partial charge in [0.2, 0.25) is 0 Å². The predicted octanol–water partition coefficient (Wildman–Crippen LogP) is 4.10. The topological polar surface area (TPSA) is 0 Å². The standard InChI is InChI=1S/C12H24/c1-6-9(2)7-12(5)8-10(3)11(12)4/h9-11H,6-8H2,1-5H3. The highest BCUT2D eigenvalue weighted by molar-refractivity contribution is 4.94. The molecule has 0 saturated heterocycles. The maximum absolute atomic E-state index is 2.48. The predicted molar refractivity (Wildman–Crippen MR) is 55.1 cm³/mol. The molecule has 1 fully saturated rings. The molecule has 4 atom stereocenters. The average molecular weight is 168 g/mol. The molecule has 1 aliphatic carbocycles. The number of hydrogen-bond donors (Lipinski definition) is 0. The summed E-state index contributed by atoms with van der Waals surface area (Å²) < 4.78 is 0. The Hall–Kier alpha value is 0. The van der Waals surface area contributed by atoms with Gasteiger partial charge in [0.15, 0.2) is 0 Å². The second kappa shape index (κ2) is 3.40. The molecule has 4 unspecified atom stereocenters. The molecule has 0 spiro atoms. The summed E-state index contributed by atoms with van der Waals surface area (Å²) in [6, 6.07) is 0. The van der Waals surface area contributed by atoms with E-state index in [2.05, 4.69) is 34.6 Å². The minimum atomic E-state index is 0.675. The molecule has 0 aromatic rings. The van der Waals surface area contributed by atoms with Crippen molar-refractivity contribution >= 4 is 0 Å². The average Bonchev–Trinajstić information content (AvgIpc) is 2.03. The van der Waals surface area contributed by atoms with Crippen LogP contribution >= 0.6 is 0 Å². The van der Waals surface area contributed by atoms with Gasteiger partial charge in [0.1, 0.15) is 0 Å². The molecule has 0 heterocycles. The first-order chi connectivity index (χ1) is 5.49. The molecule has 72 valence electrons. The van der Waals surface area contributed by atoms with Gasteiger partial charge in [-0.2, -0.15) is 0 Å². The van der Waals surface area contributed by atoms with E-state index in [9.17, 15) is 0 Å². The van der Waals surface area contributed by atoms with Crippen molar-refractivity contribution in [1.82, 2.24) is 0 Å². The lowest BCUT2D eigenvalue weighted by atomic mass is 9.53. The molecule has 0 radical (unpaired) electrons. The zero-order valence-corrected chi connectivity index (χ0v) is 9.35. The van der Waals surface area contributed by atoms with Crippen LogP contribution in [0.25, 0.3) is 0 Å². The van der Waals surface area contributed by atoms with Gasteiger partial charge in [-0.3, -0.25) is 0 Å². The van der Waals surface area contributed by atoms with E-state index >= 15 is 0 Å². The first kappa shape index (κ1) is 10.1. The first-order valence-electron chi connectivity index (χ1n) is 5.49. The smallest absolute Gasteiger partial charge is 0.0292 e. The van der Waals surface area contributed by atoms with Crippen molar-refractivity contribution in [1.29, 1.82) is 0 Å². The zero-order chi connectivity index (χ0) is 9.35. The third-order valence-corrected chi connectivity index (χ3v) is 4.25. The maximum atomic E-state index is 2.48. The first-order valence-corrected chi connectivity index (χ1v) is 5.49. The van der Waals surface area contributed by atoms with Crippen molar-refractivity contribution in [2.75, 3.05) is 0 Å². The van der Waals surface area contributed by atoms with Crippen molar-refractivity contribution < 1.29 is 0 Å². The van der Waals surface area contributed by atoms with Crippen LogP contribution in [0.5, 0.6) is 0 Å². The molecule has 0 heteroatoms. The lowest BCUT2D eigenvalue weighted by Crippen LogP contribution is -2.43. The molecular formula is C12H24. The second-order valence-corrected chi connectivity index (χ2v) is 5.34. The summed E-state index contributed by atoms with van der Waals surface area (Å²) in [5.74, 6) is 2.84. The van der Waals surface area contributed by atoms with Crippen LogP contribution in [0.2, 0.25) is 0 Å². The maximum Gasteiger partial charge on any atom is -0.0292 e. The molecule has 0 aromatic carbocycles. The monoisotopic (exact) mass is 168 g/mol. The van der Waals surface area contributed by atoms with E-state index in [1.807, 2.05) is 0 Å². The van der Waals surface area contributed by atoms with Crippen LogP contribution in [0, 0.1) is 23.2 Å². The van der Waals surface area contributed by atoms with Gasteiger partial charge in [-0.15, -0.1) is 0 Å². The molecule has 0 aliphatic heterocycles. The normalized spacial score (nSPS) is 43.8. The summed E-state index contributed by atoms with van der Waals surface area (Å²) in [5, 5.41) is 0. The van der Waals surface area contributed by atoms with Crippen molar-refractivity contribution in [2.45, 2.75) is 53.9 Å². The highest BCUT2D eigenvalue weighted by Crippen LogP contribution is 2.54. The summed E-state index contributed by atoms with van der Waals surface area (Å²) in [7, 11) is 0. The van der Waals surface area contributed by atoms with E-state index < -0.39 is 0 Å². The van der Waals surface area contributed by atoms with Gasteiger partial charge in [0, 0.05) is 0 Å². The fourth-order valence-corrected chi connectivity index (χ4v) is 2.83. The lowest BCUT2D eigenvalue weighted by molar-refractivity contribution is -0.0234.